The Kier molecular flexibility index (Phi) is 4.88. The minimum absolute atomic E-state index is 0.0803. The van der Waals surface area contributed by atoms with E-state index in [-0.39, 0.29) is 24.4 Å². The highest BCUT2D eigenvalue weighted by Gasteiger charge is 2.18. The summed E-state index contributed by atoms with van der Waals surface area (Å²) in [6.45, 7) is 0.172. The lowest BCUT2D eigenvalue weighted by molar-refractivity contribution is -0.124. The fourth-order valence-corrected chi connectivity index (χ4v) is 2.28. The number of imidazole rings is 1. The third kappa shape index (κ3) is 3.61. The van der Waals surface area contributed by atoms with Crippen molar-refractivity contribution in [2.45, 2.75) is 6.73 Å². The van der Waals surface area contributed by atoms with E-state index in [4.69, 9.17) is 16.3 Å². The van der Waals surface area contributed by atoms with Gasteiger partial charge in [0.05, 0.1) is 24.4 Å². The number of likely N-dealkylation sites (N-methyl/N-ethyl adjacent to an activating group) is 1. The van der Waals surface area contributed by atoms with Crippen molar-refractivity contribution in [3.8, 4) is 5.69 Å². The number of rotatable bonds is 6. The highest BCUT2D eigenvalue weighted by Crippen LogP contribution is 2.25. The van der Waals surface area contributed by atoms with Crippen molar-refractivity contribution in [1.29, 1.82) is 0 Å². The minimum atomic E-state index is -0.234. The number of carbonyl (C=O) groups excluding carboxylic acids is 1. The van der Waals surface area contributed by atoms with Gasteiger partial charge in [-0.15, -0.1) is 0 Å². The molecular formula is C15H15ClN6O2. The zero-order chi connectivity index (χ0) is 16.9. The summed E-state index contributed by atoms with van der Waals surface area (Å²) in [7, 11) is 1.62. The van der Waals surface area contributed by atoms with Gasteiger partial charge in [-0.2, -0.15) is 5.10 Å². The summed E-state index contributed by atoms with van der Waals surface area (Å²) in [5.74, 6) is -0.234. The fraction of sp³-hybridized carbons (Fsp3) is 0.200. The Bertz CT molecular complexity index is 803. The molecule has 0 aliphatic carbocycles. The molecule has 0 saturated carbocycles. The van der Waals surface area contributed by atoms with Crippen molar-refractivity contribution in [3.63, 3.8) is 0 Å². The summed E-state index contributed by atoms with van der Waals surface area (Å²) in [6.07, 6.45) is 10.0. The molecule has 1 amide bonds. The van der Waals surface area contributed by atoms with Crippen LogP contribution in [0.1, 0.15) is 0 Å². The quantitative estimate of drug-likeness (QED) is 0.679. The summed E-state index contributed by atoms with van der Waals surface area (Å²) in [5.41, 5.74) is 1.25. The van der Waals surface area contributed by atoms with Gasteiger partial charge in [0.1, 0.15) is 19.0 Å². The van der Waals surface area contributed by atoms with E-state index in [9.17, 15) is 4.79 Å². The Morgan fingerprint density at radius 2 is 2.25 bits per heavy atom. The van der Waals surface area contributed by atoms with Crippen molar-refractivity contribution < 1.29 is 9.53 Å². The number of aromatic nitrogens is 5. The summed E-state index contributed by atoms with van der Waals surface area (Å²) >= 11 is 6.15. The molecule has 0 aliphatic rings. The van der Waals surface area contributed by atoms with Gasteiger partial charge in [-0.05, 0) is 12.1 Å². The van der Waals surface area contributed by atoms with Crippen LogP contribution in [-0.4, -0.2) is 43.9 Å². The zero-order valence-corrected chi connectivity index (χ0v) is 13.7. The molecule has 0 fully saturated rings. The molecule has 3 rings (SSSR count). The van der Waals surface area contributed by atoms with Crippen molar-refractivity contribution in [1.82, 2.24) is 24.3 Å². The van der Waals surface area contributed by atoms with Crippen LogP contribution in [0.25, 0.3) is 5.69 Å². The molecular weight excluding hydrogens is 332 g/mol. The van der Waals surface area contributed by atoms with E-state index in [2.05, 4.69) is 15.1 Å². The first-order valence-electron chi connectivity index (χ1n) is 7.11. The smallest absolute Gasteiger partial charge is 0.252 e. The van der Waals surface area contributed by atoms with E-state index in [1.165, 1.54) is 4.90 Å². The first-order chi connectivity index (χ1) is 11.6. The van der Waals surface area contributed by atoms with Gasteiger partial charge in [0.2, 0.25) is 0 Å². The Morgan fingerprint density at radius 3 is 2.96 bits per heavy atom. The van der Waals surface area contributed by atoms with Gasteiger partial charge in [0, 0.05) is 25.6 Å². The van der Waals surface area contributed by atoms with Gasteiger partial charge in [-0.3, -0.25) is 9.78 Å². The molecule has 3 heterocycles. The van der Waals surface area contributed by atoms with E-state index in [1.54, 1.807) is 59.7 Å². The Morgan fingerprint density at radius 1 is 1.38 bits per heavy atom. The fourth-order valence-electron chi connectivity index (χ4n) is 2.02. The van der Waals surface area contributed by atoms with Crippen LogP contribution in [0.5, 0.6) is 0 Å². The van der Waals surface area contributed by atoms with Gasteiger partial charge in [0.15, 0.2) is 5.15 Å². The van der Waals surface area contributed by atoms with Crippen LogP contribution in [0.4, 0.5) is 5.69 Å². The number of ether oxygens (including phenoxy) is 1. The van der Waals surface area contributed by atoms with Gasteiger partial charge in [0.25, 0.3) is 5.91 Å². The maximum absolute atomic E-state index is 12.2. The zero-order valence-electron chi connectivity index (χ0n) is 12.9. The van der Waals surface area contributed by atoms with Gasteiger partial charge in [-0.1, -0.05) is 11.6 Å². The molecule has 8 nitrogen and oxygen atoms in total. The maximum atomic E-state index is 12.2. The number of nitrogens with zero attached hydrogens (tertiary/aromatic N) is 6. The van der Waals surface area contributed by atoms with Crippen LogP contribution >= 0.6 is 11.6 Å². The molecule has 0 spiro atoms. The van der Waals surface area contributed by atoms with Crippen LogP contribution in [0.3, 0.4) is 0 Å². The molecule has 9 heteroatoms. The number of anilines is 1. The van der Waals surface area contributed by atoms with Gasteiger partial charge in [-0.25, -0.2) is 9.67 Å². The SMILES string of the molecule is CN(C(=O)COCn1ccnc1)c1cn(-c2cccnc2)nc1Cl. The Hall–Kier alpha value is -2.71. The highest BCUT2D eigenvalue weighted by molar-refractivity contribution is 6.32. The molecule has 0 aromatic carbocycles. The molecule has 0 N–H and O–H groups in total. The number of amides is 1. The molecule has 124 valence electrons. The number of halogens is 1. The lowest BCUT2D eigenvalue weighted by Gasteiger charge is -2.15. The predicted octanol–water partition coefficient (Wildman–Crippen LogP) is 1.75. The summed E-state index contributed by atoms with van der Waals surface area (Å²) < 4.78 is 8.66. The first-order valence-corrected chi connectivity index (χ1v) is 7.48. The standard InChI is InChI=1S/C15H15ClN6O2/c1-20(14(23)9-24-11-21-6-5-18-10-21)13-8-22(19-15(13)16)12-3-2-4-17-7-12/h2-8,10H,9,11H2,1H3. The Balaban J connectivity index is 1.64. The van der Waals surface area contributed by atoms with Crippen LogP contribution in [0, 0.1) is 0 Å². The maximum Gasteiger partial charge on any atom is 0.252 e. The molecule has 0 radical (unpaired) electrons. The number of hydrogen-bond donors (Lipinski definition) is 0. The van der Waals surface area contributed by atoms with Crippen LogP contribution in [0.15, 0.2) is 49.4 Å². The molecule has 0 unspecified atom stereocenters. The molecule has 0 saturated heterocycles. The average molecular weight is 347 g/mol. The summed E-state index contributed by atoms with van der Waals surface area (Å²) in [4.78, 5) is 21.6. The predicted molar refractivity (Wildman–Crippen MR) is 88.0 cm³/mol. The van der Waals surface area contributed by atoms with Crippen molar-refractivity contribution in [3.05, 3.63) is 54.6 Å². The van der Waals surface area contributed by atoms with E-state index >= 15 is 0 Å². The molecule has 24 heavy (non-hydrogen) atoms. The molecule has 0 atom stereocenters. The summed E-state index contributed by atoms with van der Waals surface area (Å²) in [5, 5.41) is 4.43. The lowest BCUT2D eigenvalue weighted by atomic mass is 10.4. The molecule has 0 aliphatic heterocycles. The average Bonchev–Trinajstić information content (AvgIpc) is 3.24. The van der Waals surface area contributed by atoms with Gasteiger partial charge >= 0.3 is 0 Å². The van der Waals surface area contributed by atoms with Gasteiger partial charge < -0.3 is 14.2 Å². The van der Waals surface area contributed by atoms with Crippen molar-refractivity contribution >= 4 is 23.2 Å². The third-order valence-electron chi connectivity index (χ3n) is 3.32. The van der Waals surface area contributed by atoms with E-state index < -0.39 is 0 Å². The molecule has 0 bridgehead atoms. The minimum Gasteiger partial charge on any atom is -0.351 e. The van der Waals surface area contributed by atoms with E-state index in [1.807, 2.05) is 6.07 Å². The van der Waals surface area contributed by atoms with Crippen LogP contribution in [-0.2, 0) is 16.3 Å². The third-order valence-corrected chi connectivity index (χ3v) is 3.59. The van der Waals surface area contributed by atoms with Crippen molar-refractivity contribution in [2.24, 2.45) is 0 Å². The lowest BCUT2D eigenvalue weighted by Crippen LogP contribution is -2.30. The first kappa shape index (κ1) is 16.2. The van der Waals surface area contributed by atoms with Crippen LogP contribution < -0.4 is 4.90 Å². The molecule has 3 aromatic heterocycles. The number of carbonyl (C=O) groups is 1. The normalized spacial score (nSPS) is 10.8. The van der Waals surface area contributed by atoms with Crippen molar-refractivity contribution in [2.75, 3.05) is 18.6 Å². The monoisotopic (exact) mass is 346 g/mol. The second-order valence-corrected chi connectivity index (χ2v) is 5.33. The number of hydrogen-bond acceptors (Lipinski definition) is 5. The highest BCUT2D eigenvalue weighted by atomic mass is 35.5. The largest absolute Gasteiger partial charge is 0.351 e. The van der Waals surface area contributed by atoms with E-state index in [0.29, 0.717) is 5.69 Å². The number of pyridine rings is 1. The molecule has 3 aromatic rings. The van der Waals surface area contributed by atoms with Crippen LogP contribution in [0.2, 0.25) is 5.15 Å². The van der Waals surface area contributed by atoms with E-state index in [0.717, 1.165) is 5.69 Å². The second-order valence-electron chi connectivity index (χ2n) is 4.97. The second kappa shape index (κ2) is 7.24. The topological polar surface area (TPSA) is 78.1 Å². The Labute approximate surface area is 143 Å². The summed E-state index contributed by atoms with van der Waals surface area (Å²) in [6, 6.07) is 3.64.